The van der Waals surface area contributed by atoms with Gasteiger partial charge in [0.05, 0.1) is 0 Å². The van der Waals surface area contributed by atoms with E-state index in [0.717, 1.165) is 19.6 Å². The van der Waals surface area contributed by atoms with Gasteiger partial charge in [0.1, 0.15) is 5.82 Å². The predicted octanol–water partition coefficient (Wildman–Crippen LogP) is 0.864. The Balaban J connectivity index is 2.10. The summed E-state index contributed by atoms with van der Waals surface area (Å²) < 4.78 is 24.2. The summed E-state index contributed by atoms with van der Waals surface area (Å²) in [6, 6.07) is 0. The zero-order chi connectivity index (χ0) is 13.2. The number of likely N-dealkylation sites (tertiary alicyclic amines) is 1. The predicted molar refractivity (Wildman–Crippen MR) is 68.1 cm³/mol. The molecule has 1 aromatic heterocycles. The van der Waals surface area contributed by atoms with Crippen LogP contribution < -0.4 is 0 Å². The third-order valence-electron chi connectivity index (χ3n) is 3.18. The van der Waals surface area contributed by atoms with Crippen LogP contribution in [0, 0.1) is 0 Å². The molecule has 1 fully saturated rings. The van der Waals surface area contributed by atoms with Gasteiger partial charge in [0.25, 0.3) is 14.2 Å². The Morgan fingerprint density at radius 1 is 1.28 bits per heavy atom. The molecule has 0 amide bonds. The third kappa shape index (κ3) is 3.02. The van der Waals surface area contributed by atoms with Crippen molar-refractivity contribution >= 4 is 19.7 Å². The molecule has 1 aromatic rings. The first kappa shape index (κ1) is 13.8. The molecule has 1 aliphatic rings. The molecule has 0 atom stereocenters. The van der Waals surface area contributed by atoms with Crippen molar-refractivity contribution in [2.45, 2.75) is 37.9 Å². The molecule has 0 saturated carbocycles. The highest BCUT2D eigenvalue weighted by atomic mass is 35.7. The van der Waals surface area contributed by atoms with Crippen molar-refractivity contribution < 1.29 is 8.42 Å². The maximum atomic E-state index is 11.3. The Morgan fingerprint density at radius 2 is 1.94 bits per heavy atom. The highest BCUT2D eigenvalue weighted by molar-refractivity contribution is 8.13. The standard InChI is InChI=1S/C10H17ClN4O2S/c1-2-15-9(5-8-14-6-3-4-7-14)12-13-10(15)18(11,16)17/h2-8H2,1H3. The van der Waals surface area contributed by atoms with Gasteiger partial charge in [-0.2, -0.15) is 0 Å². The van der Waals surface area contributed by atoms with Gasteiger partial charge in [0, 0.05) is 30.2 Å². The minimum atomic E-state index is -3.81. The quantitative estimate of drug-likeness (QED) is 0.753. The molecule has 1 saturated heterocycles. The summed E-state index contributed by atoms with van der Waals surface area (Å²) >= 11 is 0. The Hall–Kier alpha value is -0.660. The molecule has 0 bridgehead atoms. The summed E-state index contributed by atoms with van der Waals surface area (Å²) in [5, 5.41) is 7.47. The van der Waals surface area contributed by atoms with Crippen LogP contribution in [0.5, 0.6) is 0 Å². The number of hydrogen-bond donors (Lipinski definition) is 0. The summed E-state index contributed by atoms with van der Waals surface area (Å²) in [5.74, 6) is 0.684. The molecule has 0 spiro atoms. The van der Waals surface area contributed by atoms with Crippen LogP contribution in [0.2, 0.25) is 0 Å². The molecular formula is C10H17ClN4O2S. The smallest absolute Gasteiger partial charge is 0.296 e. The van der Waals surface area contributed by atoms with Crippen LogP contribution in [-0.4, -0.2) is 47.7 Å². The Labute approximate surface area is 111 Å². The highest BCUT2D eigenvalue weighted by Crippen LogP contribution is 2.15. The summed E-state index contributed by atoms with van der Waals surface area (Å²) in [6.07, 6.45) is 3.18. The fourth-order valence-corrected chi connectivity index (χ4v) is 3.24. The summed E-state index contributed by atoms with van der Waals surface area (Å²) in [4.78, 5) is 2.35. The summed E-state index contributed by atoms with van der Waals surface area (Å²) in [6.45, 7) is 5.47. The van der Waals surface area contributed by atoms with Crippen LogP contribution >= 0.6 is 10.7 Å². The summed E-state index contributed by atoms with van der Waals surface area (Å²) in [7, 11) is 1.51. The van der Waals surface area contributed by atoms with Crippen LogP contribution in [0.4, 0.5) is 0 Å². The van der Waals surface area contributed by atoms with Crippen molar-refractivity contribution in [2.75, 3.05) is 19.6 Å². The third-order valence-corrected chi connectivity index (χ3v) is 4.33. The lowest BCUT2D eigenvalue weighted by atomic mass is 10.3. The van der Waals surface area contributed by atoms with Gasteiger partial charge in [0.2, 0.25) is 0 Å². The second kappa shape index (κ2) is 5.54. The van der Waals surface area contributed by atoms with Gasteiger partial charge in [-0.1, -0.05) is 0 Å². The van der Waals surface area contributed by atoms with E-state index >= 15 is 0 Å². The van der Waals surface area contributed by atoms with E-state index in [2.05, 4.69) is 15.1 Å². The number of hydrogen-bond acceptors (Lipinski definition) is 5. The second-order valence-corrected chi connectivity index (χ2v) is 6.84. The monoisotopic (exact) mass is 292 g/mol. The summed E-state index contributed by atoms with van der Waals surface area (Å²) in [5.41, 5.74) is 0. The van der Waals surface area contributed by atoms with Crippen molar-refractivity contribution in [3.05, 3.63) is 5.82 Å². The van der Waals surface area contributed by atoms with Gasteiger partial charge >= 0.3 is 0 Å². The topological polar surface area (TPSA) is 68.1 Å². The lowest BCUT2D eigenvalue weighted by Gasteiger charge is -2.14. The second-order valence-electron chi connectivity index (χ2n) is 4.38. The molecule has 102 valence electrons. The van der Waals surface area contributed by atoms with Crippen LogP contribution in [0.25, 0.3) is 0 Å². The zero-order valence-corrected chi connectivity index (χ0v) is 11.9. The SMILES string of the molecule is CCn1c(CCN2CCCC2)nnc1S(=O)(=O)Cl. The molecule has 0 N–H and O–H groups in total. The lowest BCUT2D eigenvalue weighted by molar-refractivity contribution is 0.338. The number of nitrogens with zero attached hydrogens (tertiary/aromatic N) is 4. The Kier molecular flexibility index (Phi) is 4.24. The minimum Gasteiger partial charge on any atom is -0.303 e. The maximum Gasteiger partial charge on any atom is 0.296 e. The van der Waals surface area contributed by atoms with Gasteiger partial charge in [0.15, 0.2) is 0 Å². The van der Waals surface area contributed by atoms with E-state index < -0.39 is 9.05 Å². The van der Waals surface area contributed by atoms with Crippen LogP contribution in [0.15, 0.2) is 5.16 Å². The molecule has 0 unspecified atom stereocenters. The largest absolute Gasteiger partial charge is 0.303 e. The first-order chi connectivity index (χ1) is 8.52. The molecule has 18 heavy (non-hydrogen) atoms. The van der Waals surface area contributed by atoms with Crippen molar-refractivity contribution in [1.82, 2.24) is 19.7 Å². The molecule has 2 heterocycles. The van der Waals surface area contributed by atoms with E-state index in [-0.39, 0.29) is 5.16 Å². The van der Waals surface area contributed by atoms with Crippen LogP contribution in [0.3, 0.4) is 0 Å². The molecule has 2 rings (SSSR count). The average Bonchev–Trinajstić information content (AvgIpc) is 2.94. The van der Waals surface area contributed by atoms with Gasteiger partial charge in [-0.25, -0.2) is 8.42 Å². The maximum absolute atomic E-state index is 11.3. The number of aromatic nitrogens is 3. The molecule has 0 radical (unpaired) electrons. The fraction of sp³-hybridized carbons (Fsp3) is 0.800. The van der Waals surface area contributed by atoms with Crippen LogP contribution in [0.1, 0.15) is 25.6 Å². The van der Waals surface area contributed by atoms with Crippen molar-refractivity contribution in [1.29, 1.82) is 0 Å². The number of rotatable bonds is 5. The zero-order valence-electron chi connectivity index (χ0n) is 10.3. The fourth-order valence-electron chi connectivity index (χ4n) is 2.27. The van der Waals surface area contributed by atoms with Gasteiger partial charge in [-0.3, -0.25) is 0 Å². The van der Waals surface area contributed by atoms with E-state index in [0.29, 0.717) is 18.8 Å². The number of halogens is 1. The molecule has 0 aliphatic carbocycles. The van der Waals surface area contributed by atoms with E-state index in [1.807, 2.05) is 6.92 Å². The Bertz CT molecular complexity index is 508. The van der Waals surface area contributed by atoms with Gasteiger partial charge in [-0.15, -0.1) is 10.2 Å². The molecule has 0 aromatic carbocycles. The minimum absolute atomic E-state index is 0.150. The first-order valence-electron chi connectivity index (χ1n) is 6.11. The molecule has 6 nitrogen and oxygen atoms in total. The van der Waals surface area contributed by atoms with E-state index in [1.165, 1.54) is 12.8 Å². The van der Waals surface area contributed by atoms with Crippen molar-refractivity contribution in [3.8, 4) is 0 Å². The highest BCUT2D eigenvalue weighted by Gasteiger charge is 2.22. The van der Waals surface area contributed by atoms with Crippen molar-refractivity contribution in [2.24, 2.45) is 0 Å². The Morgan fingerprint density at radius 3 is 2.50 bits per heavy atom. The van der Waals surface area contributed by atoms with Crippen LogP contribution in [-0.2, 0) is 22.0 Å². The molecular weight excluding hydrogens is 276 g/mol. The first-order valence-corrected chi connectivity index (χ1v) is 8.42. The van der Waals surface area contributed by atoms with E-state index in [9.17, 15) is 8.42 Å². The van der Waals surface area contributed by atoms with Crippen molar-refractivity contribution in [3.63, 3.8) is 0 Å². The lowest BCUT2D eigenvalue weighted by Crippen LogP contribution is -2.23. The molecule has 8 heteroatoms. The van der Waals surface area contributed by atoms with E-state index in [4.69, 9.17) is 10.7 Å². The van der Waals surface area contributed by atoms with Gasteiger partial charge < -0.3 is 9.47 Å². The van der Waals surface area contributed by atoms with Gasteiger partial charge in [-0.05, 0) is 32.9 Å². The molecule has 1 aliphatic heterocycles. The average molecular weight is 293 g/mol. The normalized spacial score (nSPS) is 17.4. The van der Waals surface area contributed by atoms with E-state index in [1.54, 1.807) is 4.57 Å².